The number of nitrogens with two attached hydrogens (primary N) is 1. The van der Waals surface area contributed by atoms with Gasteiger partial charge in [0.05, 0.1) is 38.1 Å². The van der Waals surface area contributed by atoms with Crippen LogP contribution in [0.15, 0.2) is 41.1 Å². The number of allylic oxidation sites excluding steroid dienone is 3. The molecule has 0 atom stereocenters. The molecule has 0 unspecified atom stereocenters. The van der Waals surface area contributed by atoms with Crippen molar-refractivity contribution in [3.05, 3.63) is 47.3 Å². The number of quaternary nitrogens is 1. The first-order valence-corrected chi connectivity index (χ1v) is 8.86. The number of carbonyl (C=O) groups is 1. The van der Waals surface area contributed by atoms with E-state index in [1.165, 1.54) is 12.2 Å². The molecule has 0 aromatic carbocycles. The van der Waals surface area contributed by atoms with Crippen LogP contribution in [-0.4, -0.2) is 59.9 Å². The van der Waals surface area contributed by atoms with Crippen molar-refractivity contribution in [1.29, 1.82) is 0 Å². The predicted octanol–water partition coefficient (Wildman–Crippen LogP) is 2.09. The Bertz CT molecular complexity index is 990. The fraction of sp³-hybridized carbons (Fsp3) is 0.350. The molecule has 0 spiro atoms. The quantitative estimate of drug-likeness (QED) is 0.647. The van der Waals surface area contributed by atoms with Crippen LogP contribution in [0.2, 0.25) is 0 Å². The standard InChI is InChI=1S/C20H25N5O2/c1-13-6-9-18-19(22-17-8-7-15(26)12-16(17)21)20(23-24(18)14(13)2)27-11-10-25(3,4)5/h6-9,12H,10-11H2,1-5H3,(H-,21,26)/p+1. The number of aryl methyl sites for hydroxylation is 2. The van der Waals surface area contributed by atoms with Crippen LogP contribution in [-0.2, 0) is 4.79 Å². The van der Waals surface area contributed by atoms with Gasteiger partial charge in [-0.25, -0.2) is 9.51 Å². The summed E-state index contributed by atoms with van der Waals surface area (Å²) in [6.07, 6.45) is 4.45. The molecule has 0 aliphatic heterocycles. The lowest BCUT2D eigenvalue weighted by Crippen LogP contribution is -2.38. The molecule has 3 rings (SSSR count). The van der Waals surface area contributed by atoms with E-state index < -0.39 is 0 Å². The number of ketones is 1. The van der Waals surface area contributed by atoms with E-state index in [2.05, 4.69) is 31.2 Å². The first-order valence-electron chi connectivity index (χ1n) is 8.86. The molecule has 0 saturated heterocycles. The van der Waals surface area contributed by atoms with Crippen LogP contribution in [0.4, 0.5) is 5.69 Å². The van der Waals surface area contributed by atoms with E-state index >= 15 is 0 Å². The molecule has 2 aromatic rings. The van der Waals surface area contributed by atoms with Gasteiger partial charge in [0.15, 0.2) is 11.5 Å². The zero-order valence-corrected chi connectivity index (χ0v) is 16.5. The van der Waals surface area contributed by atoms with Crippen molar-refractivity contribution in [2.45, 2.75) is 13.8 Å². The molecule has 0 saturated carbocycles. The van der Waals surface area contributed by atoms with Crippen LogP contribution in [0.1, 0.15) is 11.3 Å². The largest absolute Gasteiger partial charge is 0.469 e. The van der Waals surface area contributed by atoms with Gasteiger partial charge in [-0.15, -0.1) is 5.10 Å². The van der Waals surface area contributed by atoms with Crippen LogP contribution >= 0.6 is 0 Å². The summed E-state index contributed by atoms with van der Waals surface area (Å²) in [6.45, 7) is 5.40. The number of aliphatic imine (C=N–C) groups is 1. The van der Waals surface area contributed by atoms with Crippen molar-refractivity contribution in [1.82, 2.24) is 9.61 Å². The lowest BCUT2D eigenvalue weighted by atomic mass is 10.1. The van der Waals surface area contributed by atoms with Crippen LogP contribution < -0.4 is 10.5 Å². The maximum absolute atomic E-state index is 11.5. The van der Waals surface area contributed by atoms with E-state index in [1.807, 2.05) is 30.5 Å². The minimum absolute atomic E-state index is 0.141. The highest BCUT2D eigenvalue weighted by molar-refractivity contribution is 6.20. The van der Waals surface area contributed by atoms with Crippen molar-refractivity contribution < 1.29 is 14.0 Å². The van der Waals surface area contributed by atoms with Crippen molar-refractivity contribution >= 4 is 22.7 Å². The Morgan fingerprint density at radius 3 is 2.63 bits per heavy atom. The van der Waals surface area contributed by atoms with Crippen molar-refractivity contribution in [3.63, 3.8) is 0 Å². The number of hydrogen-bond donors (Lipinski definition) is 1. The smallest absolute Gasteiger partial charge is 0.260 e. The highest BCUT2D eigenvalue weighted by Crippen LogP contribution is 2.34. The Hall–Kier alpha value is -2.93. The maximum atomic E-state index is 11.5. The number of aromatic nitrogens is 2. The lowest BCUT2D eigenvalue weighted by Gasteiger charge is -2.23. The minimum Gasteiger partial charge on any atom is -0.469 e. The number of likely N-dealkylation sites (N-methyl/N-ethyl adjacent to an activating group) is 1. The number of fused-ring (bicyclic) bond motifs is 1. The van der Waals surface area contributed by atoms with Gasteiger partial charge in [-0.1, -0.05) is 6.07 Å². The summed E-state index contributed by atoms with van der Waals surface area (Å²) in [5, 5.41) is 4.63. The highest BCUT2D eigenvalue weighted by Gasteiger charge is 2.19. The van der Waals surface area contributed by atoms with Crippen molar-refractivity contribution in [2.24, 2.45) is 10.7 Å². The van der Waals surface area contributed by atoms with Crippen molar-refractivity contribution in [3.8, 4) is 5.88 Å². The normalized spacial score (nSPS) is 16.3. The van der Waals surface area contributed by atoms with Gasteiger partial charge in [-0.05, 0) is 37.6 Å². The second kappa shape index (κ2) is 7.00. The molecule has 1 aliphatic carbocycles. The third-order valence-electron chi connectivity index (χ3n) is 4.48. The zero-order valence-electron chi connectivity index (χ0n) is 16.5. The Morgan fingerprint density at radius 2 is 1.96 bits per heavy atom. The Morgan fingerprint density at radius 1 is 1.22 bits per heavy atom. The molecule has 2 aromatic heterocycles. The van der Waals surface area contributed by atoms with Gasteiger partial charge in [0.2, 0.25) is 0 Å². The fourth-order valence-electron chi connectivity index (χ4n) is 2.67. The Kier molecular flexibility index (Phi) is 4.89. The molecule has 0 bridgehead atoms. The molecule has 1 aliphatic rings. The molecule has 0 radical (unpaired) electrons. The third-order valence-corrected chi connectivity index (χ3v) is 4.48. The molecule has 2 N–H and O–H groups in total. The van der Waals surface area contributed by atoms with E-state index in [1.54, 1.807) is 6.08 Å². The molecule has 7 heteroatoms. The second-order valence-corrected chi connectivity index (χ2v) is 7.75. The highest BCUT2D eigenvalue weighted by atomic mass is 16.5. The van der Waals surface area contributed by atoms with E-state index in [4.69, 9.17) is 10.5 Å². The fourth-order valence-corrected chi connectivity index (χ4v) is 2.67. The van der Waals surface area contributed by atoms with E-state index in [9.17, 15) is 4.79 Å². The van der Waals surface area contributed by atoms with Gasteiger partial charge >= 0.3 is 0 Å². The van der Waals surface area contributed by atoms with Gasteiger partial charge in [0.25, 0.3) is 5.88 Å². The SMILES string of the molecule is Cc1ccc2c(N=C3C=CC(=O)C=C3N)c(OCC[N+](C)(C)C)nn2c1C. The molecular formula is C20H26N5O2+. The molecule has 0 fully saturated rings. The monoisotopic (exact) mass is 368 g/mol. The summed E-state index contributed by atoms with van der Waals surface area (Å²) < 4.78 is 8.61. The van der Waals surface area contributed by atoms with E-state index in [0.717, 1.165) is 27.8 Å². The zero-order chi connectivity index (χ0) is 19.8. The second-order valence-electron chi connectivity index (χ2n) is 7.75. The molecule has 27 heavy (non-hydrogen) atoms. The van der Waals surface area contributed by atoms with E-state index in [0.29, 0.717) is 29.6 Å². The topological polar surface area (TPSA) is 82.0 Å². The van der Waals surface area contributed by atoms with Gasteiger partial charge in [0.1, 0.15) is 13.2 Å². The van der Waals surface area contributed by atoms with Gasteiger partial charge < -0.3 is 15.0 Å². The minimum atomic E-state index is -0.141. The van der Waals surface area contributed by atoms with E-state index in [-0.39, 0.29) is 5.78 Å². The van der Waals surface area contributed by atoms with Gasteiger partial charge in [0, 0.05) is 11.8 Å². The molecule has 0 amide bonds. The maximum Gasteiger partial charge on any atom is 0.260 e. The predicted molar refractivity (Wildman–Crippen MR) is 107 cm³/mol. The number of rotatable bonds is 5. The Balaban J connectivity index is 2.07. The summed E-state index contributed by atoms with van der Waals surface area (Å²) in [7, 11) is 6.32. The van der Waals surface area contributed by atoms with Crippen LogP contribution in [0.5, 0.6) is 5.88 Å². The van der Waals surface area contributed by atoms with Crippen LogP contribution in [0, 0.1) is 13.8 Å². The van der Waals surface area contributed by atoms with Crippen LogP contribution in [0.3, 0.4) is 0 Å². The number of ether oxygens (including phenoxy) is 1. The van der Waals surface area contributed by atoms with Gasteiger partial charge in [-0.2, -0.15) is 0 Å². The molecular weight excluding hydrogens is 342 g/mol. The first kappa shape index (κ1) is 18.8. The van der Waals surface area contributed by atoms with Gasteiger partial charge in [-0.3, -0.25) is 4.79 Å². The number of nitrogens with zero attached hydrogens (tertiary/aromatic N) is 4. The number of carbonyl (C=O) groups excluding carboxylic acids is 1. The summed E-state index contributed by atoms with van der Waals surface area (Å²) in [5.74, 6) is 0.319. The number of hydrogen-bond acceptors (Lipinski definition) is 5. The molecule has 7 nitrogen and oxygen atoms in total. The average Bonchev–Trinajstić information content (AvgIpc) is 2.91. The summed E-state index contributed by atoms with van der Waals surface area (Å²) in [6, 6.07) is 4.00. The lowest BCUT2D eigenvalue weighted by molar-refractivity contribution is -0.870. The summed E-state index contributed by atoms with van der Waals surface area (Å²) >= 11 is 0. The summed E-state index contributed by atoms with van der Waals surface area (Å²) in [5.41, 5.74) is 10.4. The first-order chi connectivity index (χ1) is 12.7. The Labute approximate surface area is 159 Å². The summed E-state index contributed by atoms with van der Waals surface area (Å²) in [4.78, 5) is 16.2. The molecule has 2 heterocycles. The van der Waals surface area contributed by atoms with Crippen molar-refractivity contribution in [2.75, 3.05) is 34.3 Å². The van der Waals surface area contributed by atoms with Crippen LogP contribution in [0.25, 0.3) is 5.52 Å². The number of pyridine rings is 1. The molecule has 142 valence electrons. The third kappa shape index (κ3) is 4.09. The average molecular weight is 368 g/mol.